The van der Waals surface area contributed by atoms with E-state index in [-0.39, 0.29) is 13.2 Å². The molecule has 1 aliphatic heterocycles. The van der Waals surface area contributed by atoms with Crippen molar-refractivity contribution >= 4 is 0 Å². The molecule has 0 aromatic carbocycles. The summed E-state index contributed by atoms with van der Waals surface area (Å²) < 4.78 is 5.50. The van der Waals surface area contributed by atoms with Crippen molar-refractivity contribution in [2.45, 2.75) is 44.2 Å². The van der Waals surface area contributed by atoms with E-state index in [1.54, 1.807) is 0 Å². The molecule has 0 aromatic rings. The smallest absolute Gasteiger partial charge is 0.0645 e. The summed E-state index contributed by atoms with van der Waals surface area (Å²) in [6.45, 7) is 3.59. The highest BCUT2D eigenvalue weighted by Crippen LogP contribution is 2.15. The Hall–Kier alpha value is -0.160. The lowest BCUT2D eigenvalue weighted by molar-refractivity contribution is 0.0736. The first-order valence-corrected chi connectivity index (χ1v) is 5.84. The van der Waals surface area contributed by atoms with E-state index in [4.69, 9.17) is 4.74 Å². The number of nitrogens with one attached hydrogen (secondary N) is 1. The third kappa shape index (κ3) is 3.72. The monoisotopic (exact) mass is 217 g/mol. The lowest BCUT2D eigenvalue weighted by Gasteiger charge is -2.30. The molecule has 0 amide bonds. The largest absolute Gasteiger partial charge is 0.394 e. The molecule has 3 N–H and O–H groups in total. The second-order valence-electron chi connectivity index (χ2n) is 4.30. The Morgan fingerprint density at radius 1 is 1.40 bits per heavy atom. The number of hydrogen-bond acceptors (Lipinski definition) is 4. The fourth-order valence-corrected chi connectivity index (χ4v) is 1.88. The van der Waals surface area contributed by atoms with Crippen molar-refractivity contribution in [1.29, 1.82) is 0 Å². The van der Waals surface area contributed by atoms with Crippen LogP contribution in [0.25, 0.3) is 0 Å². The lowest BCUT2D eigenvalue weighted by atomic mass is 9.98. The molecule has 0 aromatic heterocycles. The maximum atomic E-state index is 9.21. The Kier molecular flexibility index (Phi) is 5.53. The molecule has 4 nitrogen and oxygen atoms in total. The van der Waals surface area contributed by atoms with Crippen molar-refractivity contribution < 1.29 is 14.9 Å². The summed E-state index contributed by atoms with van der Waals surface area (Å²) in [4.78, 5) is 0. The molecule has 1 rings (SSSR count). The van der Waals surface area contributed by atoms with Gasteiger partial charge in [-0.15, -0.1) is 0 Å². The zero-order valence-corrected chi connectivity index (χ0v) is 9.54. The van der Waals surface area contributed by atoms with E-state index in [1.807, 2.05) is 6.92 Å². The quantitative estimate of drug-likeness (QED) is 0.573. The van der Waals surface area contributed by atoms with Gasteiger partial charge in [0.2, 0.25) is 0 Å². The van der Waals surface area contributed by atoms with Gasteiger partial charge in [-0.05, 0) is 32.2 Å². The van der Waals surface area contributed by atoms with Crippen LogP contribution >= 0.6 is 0 Å². The molecule has 15 heavy (non-hydrogen) atoms. The average Bonchev–Trinajstić information content (AvgIpc) is 2.78. The molecule has 0 spiro atoms. The van der Waals surface area contributed by atoms with Gasteiger partial charge in [0.25, 0.3) is 0 Å². The molecule has 1 heterocycles. The van der Waals surface area contributed by atoms with Crippen molar-refractivity contribution in [1.82, 2.24) is 5.32 Å². The molecule has 0 bridgehead atoms. The molecule has 90 valence electrons. The van der Waals surface area contributed by atoms with Gasteiger partial charge in [0, 0.05) is 6.61 Å². The van der Waals surface area contributed by atoms with Crippen LogP contribution < -0.4 is 5.32 Å². The Morgan fingerprint density at radius 2 is 2.13 bits per heavy atom. The van der Waals surface area contributed by atoms with Gasteiger partial charge < -0.3 is 20.3 Å². The Morgan fingerprint density at radius 3 is 2.60 bits per heavy atom. The van der Waals surface area contributed by atoms with E-state index in [2.05, 4.69) is 5.32 Å². The molecule has 1 aliphatic rings. The van der Waals surface area contributed by atoms with E-state index in [0.717, 1.165) is 38.8 Å². The van der Waals surface area contributed by atoms with Crippen LogP contribution in [0.15, 0.2) is 0 Å². The van der Waals surface area contributed by atoms with Gasteiger partial charge in [0.1, 0.15) is 0 Å². The summed E-state index contributed by atoms with van der Waals surface area (Å²) in [5, 5.41) is 21.7. The summed E-state index contributed by atoms with van der Waals surface area (Å²) in [6.07, 6.45) is 4.35. The normalized spacial score (nSPS) is 22.2. The van der Waals surface area contributed by atoms with Crippen molar-refractivity contribution in [2.75, 3.05) is 26.4 Å². The topological polar surface area (TPSA) is 61.7 Å². The Bertz CT molecular complexity index is 157. The van der Waals surface area contributed by atoms with Gasteiger partial charge in [0.05, 0.1) is 24.9 Å². The summed E-state index contributed by atoms with van der Waals surface area (Å²) >= 11 is 0. The van der Waals surface area contributed by atoms with Crippen LogP contribution in [0, 0.1) is 0 Å². The molecule has 0 saturated carbocycles. The zero-order valence-electron chi connectivity index (χ0n) is 9.54. The highest BCUT2D eigenvalue weighted by Gasteiger charge is 2.26. The van der Waals surface area contributed by atoms with Gasteiger partial charge >= 0.3 is 0 Å². The number of aliphatic hydroxyl groups excluding tert-OH is 2. The maximum Gasteiger partial charge on any atom is 0.0645 e. The molecule has 1 saturated heterocycles. The number of rotatable bonds is 7. The Balaban J connectivity index is 2.21. The fourth-order valence-electron chi connectivity index (χ4n) is 1.88. The number of hydrogen-bond donors (Lipinski definition) is 3. The third-order valence-electron chi connectivity index (χ3n) is 3.27. The van der Waals surface area contributed by atoms with E-state index in [9.17, 15) is 10.2 Å². The molecule has 4 heteroatoms. The highest BCUT2D eigenvalue weighted by molar-refractivity contribution is 4.85. The van der Waals surface area contributed by atoms with E-state index >= 15 is 0 Å². The Labute approximate surface area is 91.6 Å². The van der Waals surface area contributed by atoms with E-state index in [0.29, 0.717) is 6.10 Å². The van der Waals surface area contributed by atoms with E-state index < -0.39 is 5.54 Å². The summed E-state index contributed by atoms with van der Waals surface area (Å²) in [6, 6.07) is 0. The molecule has 0 aliphatic carbocycles. The molecule has 0 radical (unpaired) electrons. The molecule has 1 fully saturated rings. The minimum absolute atomic E-state index is 0.0223. The van der Waals surface area contributed by atoms with E-state index in [1.165, 1.54) is 0 Å². The molecular formula is C11H23NO3. The summed E-state index contributed by atoms with van der Waals surface area (Å²) in [5.74, 6) is 0. The first-order chi connectivity index (χ1) is 7.26. The van der Waals surface area contributed by atoms with Crippen molar-refractivity contribution in [3.63, 3.8) is 0 Å². The second kappa shape index (κ2) is 6.43. The van der Waals surface area contributed by atoms with Crippen LogP contribution in [0.1, 0.15) is 32.6 Å². The standard InChI is InChI=1S/C11H23NO3/c1-2-11(8-13,9-14)12-6-5-10-4-3-7-15-10/h10,12-14H,2-9H2,1H3. The number of ether oxygens (including phenoxy) is 1. The minimum Gasteiger partial charge on any atom is -0.394 e. The van der Waals surface area contributed by atoms with Crippen LogP contribution in [0.3, 0.4) is 0 Å². The summed E-state index contributed by atoms with van der Waals surface area (Å²) in [5.41, 5.74) is -0.515. The van der Waals surface area contributed by atoms with Crippen LogP contribution in [0.4, 0.5) is 0 Å². The maximum absolute atomic E-state index is 9.21. The van der Waals surface area contributed by atoms with Gasteiger partial charge in [0.15, 0.2) is 0 Å². The molecular weight excluding hydrogens is 194 g/mol. The van der Waals surface area contributed by atoms with Crippen LogP contribution in [0.2, 0.25) is 0 Å². The van der Waals surface area contributed by atoms with Crippen LogP contribution in [-0.2, 0) is 4.74 Å². The van der Waals surface area contributed by atoms with Crippen molar-refractivity contribution in [3.05, 3.63) is 0 Å². The first-order valence-electron chi connectivity index (χ1n) is 5.84. The fraction of sp³-hybridized carbons (Fsp3) is 1.00. The SMILES string of the molecule is CCC(CO)(CO)NCCC1CCCO1. The second-order valence-corrected chi connectivity index (χ2v) is 4.30. The first kappa shape index (κ1) is 12.9. The van der Waals surface area contributed by atoms with Gasteiger partial charge in [-0.3, -0.25) is 0 Å². The van der Waals surface area contributed by atoms with Gasteiger partial charge in [-0.1, -0.05) is 6.92 Å². The van der Waals surface area contributed by atoms with Gasteiger partial charge in [-0.2, -0.15) is 0 Å². The van der Waals surface area contributed by atoms with Crippen LogP contribution in [0.5, 0.6) is 0 Å². The van der Waals surface area contributed by atoms with Crippen LogP contribution in [-0.4, -0.2) is 48.2 Å². The molecule has 1 atom stereocenters. The average molecular weight is 217 g/mol. The van der Waals surface area contributed by atoms with Crippen molar-refractivity contribution in [2.24, 2.45) is 0 Å². The van der Waals surface area contributed by atoms with Crippen molar-refractivity contribution in [3.8, 4) is 0 Å². The third-order valence-corrected chi connectivity index (χ3v) is 3.27. The number of aliphatic hydroxyl groups is 2. The summed E-state index contributed by atoms with van der Waals surface area (Å²) in [7, 11) is 0. The molecule has 1 unspecified atom stereocenters. The highest BCUT2D eigenvalue weighted by atomic mass is 16.5. The predicted molar refractivity (Wildman–Crippen MR) is 58.8 cm³/mol. The lowest BCUT2D eigenvalue weighted by Crippen LogP contribution is -2.51. The van der Waals surface area contributed by atoms with Gasteiger partial charge in [-0.25, -0.2) is 0 Å². The minimum atomic E-state index is -0.515. The zero-order chi connectivity index (χ0) is 11.1. The predicted octanol–water partition coefficient (Wildman–Crippen LogP) is 0.278.